The average Bonchev–Trinajstić information content (AvgIpc) is 3.23. The zero-order chi connectivity index (χ0) is 21.0. The predicted molar refractivity (Wildman–Crippen MR) is 118 cm³/mol. The Balaban J connectivity index is 1.20. The van der Waals surface area contributed by atoms with Gasteiger partial charge >= 0.3 is 0 Å². The summed E-state index contributed by atoms with van der Waals surface area (Å²) in [6.07, 6.45) is 7.16. The van der Waals surface area contributed by atoms with Crippen LogP contribution in [0.4, 0.5) is 0 Å². The maximum absolute atomic E-state index is 11.9. The number of carbonyl (C=O) groups excluding carboxylic acids is 1. The monoisotopic (exact) mass is 410 g/mol. The lowest BCUT2D eigenvalue weighted by Crippen LogP contribution is -2.27. The highest BCUT2D eigenvalue weighted by molar-refractivity contribution is 5.78. The third-order valence-corrected chi connectivity index (χ3v) is 4.82. The van der Waals surface area contributed by atoms with Crippen LogP contribution in [0.3, 0.4) is 0 Å². The molecule has 0 saturated heterocycles. The second-order valence-electron chi connectivity index (χ2n) is 7.13. The Morgan fingerprint density at radius 1 is 1.07 bits per heavy atom. The predicted octanol–water partition coefficient (Wildman–Crippen LogP) is 3.56. The molecule has 30 heavy (non-hydrogen) atoms. The minimum Gasteiger partial charge on any atom is -0.497 e. The first-order valence-corrected chi connectivity index (χ1v) is 10.4. The molecule has 6 nitrogen and oxygen atoms in total. The van der Waals surface area contributed by atoms with Crippen LogP contribution in [0.2, 0.25) is 0 Å². The fourth-order valence-corrected chi connectivity index (χ4v) is 3.20. The van der Waals surface area contributed by atoms with Gasteiger partial charge < -0.3 is 24.8 Å². The topological polar surface area (TPSA) is 68.8 Å². The lowest BCUT2D eigenvalue weighted by Gasteiger charge is -2.07. The third kappa shape index (κ3) is 7.12. The molecule has 2 aromatic carbocycles. The highest BCUT2D eigenvalue weighted by atomic mass is 16.7. The zero-order valence-electron chi connectivity index (χ0n) is 17.5. The fraction of sp³-hybridized carbons (Fsp3) is 0.375. The van der Waals surface area contributed by atoms with Crippen LogP contribution in [-0.2, 0) is 11.2 Å². The fourth-order valence-electron chi connectivity index (χ4n) is 3.20. The van der Waals surface area contributed by atoms with E-state index in [1.54, 1.807) is 7.11 Å². The van der Waals surface area contributed by atoms with Crippen LogP contribution in [0.15, 0.2) is 48.5 Å². The molecule has 0 aromatic heterocycles. The SMILES string of the molecule is COc1cccc(CCCNCCCNC(=O)C/C=C/c2ccc3c(c2)OCO3)c1. The maximum Gasteiger partial charge on any atom is 0.231 e. The average molecular weight is 411 g/mol. The summed E-state index contributed by atoms with van der Waals surface area (Å²) in [5, 5.41) is 6.38. The van der Waals surface area contributed by atoms with Gasteiger partial charge in [0, 0.05) is 13.0 Å². The lowest BCUT2D eigenvalue weighted by atomic mass is 10.1. The molecular weight excluding hydrogens is 380 g/mol. The molecule has 1 heterocycles. The van der Waals surface area contributed by atoms with Crippen LogP contribution in [0, 0.1) is 0 Å². The van der Waals surface area contributed by atoms with Crippen LogP contribution in [0.5, 0.6) is 17.2 Å². The number of fused-ring (bicyclic) bond motifs is 1. The number of methoxy groups -OCH3 is 1. The molecular formula is C24H30N2O4. The maximum atomic E-state index is 11.9. The van der Waals surface area contributed by atoms with Crippen LogP contribution < -0.4 is 24.8 Å². The van der Waals surface area contributed by atoms with Crippen molar-refractivity contribution in [2.24, 2.45) is 0 Å². The smallest absolute Gasteiger partial charge is 0.231 e. The van der Waals surface area contributed by atoms with Crippen molar-refractivity contribution in [2.45, 2.75) is 25.7 Å². The Hall–Kier alpha value is -2.99. The molecule has 1 amide bonds. The standard InChI is InChI=1S/C24H30N2O4/c1-28-21-9-2-6-19(16-21)8-4-13-25-14-5-15-26-24(27)10-3-7-20-11-12-22-23(17-20)30-18-29-22/h2-3,6-7,9,11-12,16-17,25H,4-5,8,10,13-15,18H2,1H3,(H,26,27)/b7-3+. The summed E-state index contributed by atoms with van der Waals surface area (Å²) in [4.78, 5) is 11.9. The minimum atomic E-state index is 0.0324. The molecule has 0 spiro atoms. The third-order valence-electron chi connectivity index (χ3n) is 4.82. The number of rotatable bonds is 12. The Kier molecular flexibility index (Phi) is 8.60. The molecule has 0 radical (unpaired) electrons. The summed E-state index contributed by atoms with van der Waals surface area (Å²) in [6.45, 7) is 2.80. The first-order chi connectivity index (χ1) is 14.7. The first kappa shape index (κ1) is 21.7. The van der Waals surface area contributed by atoms with Crippen LogP contribution in [0.25, 0.3) is 6.08 Å². The molecule has 160 valence electrons. The van der Waals surface area contributed by atoms with Crippen molar-refractivity contribution >= 4 is 12.0 Å². The van der Waals surface area contributed by atoms with E-state index in [-0.39, 0.29) is 12.7 Å². The van der Waals surface area contributed by atoms with Crippen LogP contribution >= 0.6 is 0 Å². The molecule has 2 aromatic rings. The van der Waals surface area contributed by atoms with Crippen molar-refractivity contribution in [3.8, 4) is 17.2 Å². The van der Waals surface area contributed by atoms with E-state index in [0.29, 0.717) is 13.0 Å². The van der Waals surface area contributed by atoms with E-state index in [9.17, 15) is 4.79 Å². The zero-order valence-corrected chi connectivity index (χ0v) is 17.5. The second kappa shape index (κ2) is 11.9. The molecule has 0 aliphatic carbocycles. The largest absolute Gasteiger partial charge is 0.497 e. The van der Waals surface area contributed by atoms with Crippen molar-refractivity contribution in [1.29, 1.82) is 0 Å². The van der Waals surface area contributed by atoms with Gasteiger partial charge in [0.1, 0.15) is 5.75 Å². The van der Waals surface area contributed by atoms with E-state index in [0.717, 1.165) is 55.2 Å². The summed E-state index contributed by atoms with van der Waals surface area (Å²) >= 11 is 0. The number of aryl methyl sites for hydroxylation is 1. The van der Waals surface area contributed by atoms with Crippen molar-refractivity contribution < 1.29 is 19.0 Å². The molecule has 0 bridgehead atoms. The molecule has 0 unspecified atom stereocenters. The van der Waals surface area contributed by atoms with Gasteiger partial charge in [0.05, 0.1) is 7.11 Å². The van der Waals surface area contributed by atoms with Gasteiger partial charge in [-0.15, -0.1) is 0 Å². The molecule has 2 N–H and O–H groups in total. The van der Waals surface area contributed by atoms with Gasteiger partial charge in [-0.1, -0.05) is 30.4 Å². The van der Waals surface area contributed by atoms with E-state index < -0.39 is 0 Å². The van der Waals surface area contributed by atoms with Gasteiger partial charge in [-0.05, 0) is 67.7 Å². The van der Waals surface area contributed by atoms with E-state index in [1.165, 1.54) is 5.56 Å². The minimum absolute atomic E-state index is 0.0324. The molecule has 0 atom stereocenters. The lowest BCUT2D eigenvalue weighted by molar-refractivity contribution is -0.120. The van der Waals surface area contributed by atoms with Gasteiger partial charge in [0.2, 0.25) is 12.7 Å². The summed E-state index contributed by atoms with van der Waals surface area (Å²) in [7, 11) is 1.69. The summed E-state index contributed by atoms with van der Waals surface area (Å²) < 4.78 is 15.9. The van der Waals surface area contributed by atoms with Gasteiger partial charge in [-0.3, -0.25) is 4.79 Å². The summed E-state index contributed by atoms with van der Waals surface area (Å²) in [5.41, 5.74) is 2.28. The Labute approximate surface area is 178 Å². The van der Waals surface area contributed by atoms with Crippen molar-refractivity contribution in [3.05, 3.63) is 59.7 Å². The van der Waals surface area contributed by atoms with E-state index in [2.05, 4.69) is 22.8 Å². The number of ether oxygens (including phenoxy) is 3. The van der Waals surface area contributed by atoms with Gasteiger partial charge in [-0.2, -0.15) is 0 Å². The highest BCUT2D eigenvalue weighted by Crippen LogP contribution is 2.32. The molecule has 1 aliphatic rings. The van der Waals surface area contributed by atoms with E-state index >= 15 is 0 Å². The van der Waals surface area contributed by atoms with Gasteiger partial charge in [-0.25, -0.2) is 0 Å². The highest BCUT2D eigenvalue weighted by Gasteiger charge is 2.12. The van der Waals surface area contributed by atoms with E-state index in [4.69, 9.17) is 14.2 Å². The normalized spacial score (nSPS) is 12.3. The molecule has 1 aliphatic heterocycles. The number of benzene rings is 2. The number of hydrogen-bond donors (Lipinski definition) is 2. The van der Waals surface area contributed by atoms with Crippen molar-refractivity contribution in [1.82, 2.24) is 10.6 Å². The van der Waals surface area contributed by atoms with Crippen molar-refractivity contribution in [3.63, 3.8) is 0 Å². The van der Waals surface area contributed by atoms with Gasteiger partial charge in [0.15, 0.2) is 11.5 Å². The van der Waals surface area contributed by atoms with Crippen molar-refractivity contribution in [2.75, 3.05) is 33.5 Å². The Morgan fingerprint density at radius 3 is 2.83 bits per heavy atom. The first-order valence-electron chi connectivity index (χ1n) is 10.4. The van der Waals surface area contributed by atoms with Crippen LogP contribution in [0.1, 0.15) is 30.4 Å². The molecule has 3 rings (SSSR count). The summed E-state index contributed by atoms with van der Waals surface area (Å²) in [5.74, 6) is 2.45. The van der Waals surface area contributed by atoms with E-state index in [1.807, 2.05) is 42.5 Å². The number of hydrogen-bond acceptors (Lipinski definition) is 5. The Bertz CT molecular complexity index is 851. The number of nitrogens with one attached hydrogen (secondary N) is 2. The quantitative estimate of drug-likeness (QED) is 0.524. The van der Waals surface area contributed by atoms with Crippen LogP contribution in [-0.4, -0.2) is 39.4 Å². The molecule has 0 fully saturated rings. The molecule has 0 saturated carbocycles. The Morgan fingerprint density at radius 2 is 1.93 bits per heavy atom. The summed E-state index contributed by atoms with van der Waals surface area (Å²) in [6, 6.07) is 13.9. The number of carbonyl (C=O) groups is 1. The molecule has 6 heteroatoms. The second-order valence-corrected chi connectivity index (χ2v) is 7.13. The van der Waals surface area contributed by atoms with Gasteiger partial charge in [0.25, 0.3) is 0 Å². The number of amides is 1.